The molecule has 84 valence electrons. The summed E-state index contributed by atoms with van der Waals surface area (Å²) in [5.74, 6) is 6.22. The molecule has 0 N–H and O–H groups in total. The lowest BCUT2D eigenvalue weighted by atomic mass is 9.46. The number of hydrogen-bond acceptors (Lipinski definition) is 2. The zero-order chi connectivity index (χ0) is 10.4. The second-order valence-electron chi connectivity index (χ2n) is 7.07. The van der Waals surface area contributed by atoms with Gasteiger partial charge in [-0.3, -0.25) is 4.79 Å². The largest absolute Gasteiger partial charge is 0.369 e. The van der Waals surface area contributed by atoms with Gasteiger partial charge in [-0.05, 0) is 70.8 Å². The van der Waals surface area contributed by atoms with E-state index in [4.69, 9.17) is 16.3 Å². The van der Waals surface area contributed by atoms with Gasteiger partial charge < -0.3 is 4.74 Å². The molecule has 2 nitrogen and oxygen atoms in total. The van der Waals surface area contributed by atoms with Gasteiger partial charge in [0.15, 0.2) is 0 Å². The molecule has 6 saturated carbocycles. The summed E-state index contributed by atoms with van der Waals surface area (Å²) in [6, 6.07) is 0. The van der Waals surface area contributed by atoms with Gasteiger partial charge in [0.25, 0.3) is 0 Å². The number of halogens is 1. The first-order chi connectivity index (χ1) is 7.73. The molecule has 0 aromatic heterocycles. The van der Waals surface area contributed by atoms with Gasteiger partial charge in [-0.1, -0.05) is 0 Å². The monoisotopic (exact) mass is 236 g/mol. The maximum absolute atomic E-state index is 10.8. The Morgan fingerprint density at radius 2 is 1.88 bits per heavy atom. The standard InChI is InChI=1S/C13H13ClO2/c14-6(15)3-16-5-2-13-7-4-1-12(4)8(5)10(13)11(13)9(7)12/h4-5,7-11H,1-3H2/t4?,5?,7-,8?,9?,10?,11?,12?,13?/m0/s1. The molecule has 0 aliphatic heterocycles. The lowest BCUT2D eigenvalue weighted by molar-refractivity contribution is -0.123. The maximum Gasteiger partial charge on any atom is 0.247 e. The number of fused-ring (bicyclic) bond motifs is 1. The van der Waals surface area contributed by atoms with Gasteiger partial charge in [-0.15, -0.1) is 0 Å². The molecule has 0 amide bonds. The first-order valence-corrected chi connectivity index (χ1v) is 6.90. The summed E-state index contributed by atoms with van der Waals surface area (Å²) in [5, 5.41) is -0.336. The highest BCUT2D eigenvalue weighted by molar-refractivity contribution is 6.63. The normalized spacial score (nSPS) is 77.2. The third-order valence-corrected chi connectivity index (χ3v) is 7.55. The molecule has 0 radical (unpaired) electrons. The van der Waals surface area contributed by atoms with E-state index in [1.807, 2.05) is 0 Å². The Morgan fingerprint density at radius 3 is 2.69 bits per heavy atom. The number of carbonyl (C=O) groups is 1. The Bertz CT molecular complexity index is 475. The molecule has 6 rings (SSSR count). The minimum atomic E-state index is -0.336. The number of carbonyl (C=O) groups excluding carboxylic acids is 1. The topological polar surface area (TPSA) is 26.3 Å². The first-order valence-electron chi connectivity index (χ1n) is 6.53. The highest BCUT2D eigenvalue weighted by Gasteiger charge is 3.06. The molecular formula is C13H13ClO2. The predicted molar refractivity (Wildman–Crippen MR) is 55.6 cm³/mol. The van der Waals surface area contributed by atoms with Crippen molar-refractivity contribution < 1.29 is 9.53 Å². The zero-order valence-corrected chi connectivity index (χ0v) is 9.61. The maximum atomic E-state index is 10.8. The highest BCUT2D eigenvalue weighted by Crippen LogP contribution is 3.09. The third-order valence-electron chi connectivity index (χ3n) is 7.44. The number of ether oxygens (including phenoxy) is 1. The van der Waals surface area contributed by atoms with E-state index in [0.29, 0.717) is 6.10 Å². The van der Waals surface area contributed by atoms with E-state index in [0.717, 1.165) is 46.3 Å². The Labute approximate surface area is 98.7 Å². The van der Waals surface area contributed by atoms with Crippen LogP contribution in [0.5, 0.6) is 0 Å². The highest BCUT2D eigenvalue weighted by atomic mass is 35.5. The van der Waals surface area contributed by atoms with E-state index in [9.17, 15) is 4.79 Å². The van der Waals surface area contributed by atoms with Crippen molar-refractivity contribution in [2.24, 2.45) is 46.3 Å². The second-order valence-corrected chi connectivity index (χ2v) is 7.49. The first kappa shape index (κ1) is 8.10. The van der Waals surface area contributed by atoms with Crippen LogP contribution in [0.25, 0.3) is 0 Å². The molecular weight excluding hydrogens is 224 g/mol. The van der Waals surface area contributed by atoms with E-state index >= 15 is 0 Å². The van der Waals surface area contributed by atoms with Crippen molar-refractivity contribution >= 4 is 16.8 Å². The summed E-state index contributed by atoms with van der Waals surface area (Å²) in [6.45, 7) is 0.131. The van der Waals surface area contributed by atoms with Gasteiger partial charge in [0.2, 0.25) is 5.24 Å². The van der Waals surface area contributed by atoms with Gasteiger partial charge in [0, 0.05) is 0 Å². The molecule has 0 heterocycles. The van der Waals surface area contributed by atoms with Gasteiger partial charge in [-0.2, -0.15) is 0 Å². The van der Waals surface area contributed by atoms with Crippen LogP contribution >= 0.6 is 11.6 Å². The summed E-state index contributed by atoms with van der Waals surface area (Å²) < 4.78 is 5.79. The smallest absolute Gasteiger partial charge is 0.247 e. The van der Waals surface area contributed by atoms with E-state index in [2.05, 4.69) is 0 Å². The third kappa shape index (κ3) is 0.462. The van der Waals surface area contributed by atoms with E-state index < -0.39 is 0 Å². The fraction of sp³-hybridized carbons (Fsp3) is 0.923. The Kier molecular flexibility index (Phi) is 0.918. The van der Waals surface area contributed by atoms with E-state index in [1.165, 1.54) is 12.8 Å². The minimum absolute atomic E-state index is 0.131. The summed E-state index contributed by atoms with van der Waals surface area (Å²) in [5.41, 5.74) is 1.47. The summed E-state index contributed by atoms with van der Waals surface area (Å²) >= 11 is 5.38. The summed E-state index contributed by atoms with van der Waals surface area (Å²) in [7, 11) is 0. The van der Waals surface area contributed by atoms with Crippen LogP contribution in [0, 0.1) is 46.3 Å². The average molecular weight is 237 g/mol. The fourth-order valence-electron chi connectivity index (χ4n) is 7.60. The lowest BCUT2D eigenvalue weighted by Crippen LogP contribution is -2.55. The van der Waals surface area contributed by atoms with Crippen LogP contribution in [0.4, 0.5) is 0 Å². The van der Waals surface area contributed by atoms with Crippen molar-refractivity contribution in [1.29, 1.82) is 0 Å². The molecule has 2 spiro atoms. The van der Waals surface area contributed by atoms with Gasteiger partial charge >= 0.3 is 0 Å². The van der Waals surface area contributed by atoms with Crippen LogP contribution in [-0.2, 0) is 9.53 Å². The number of hydrogen-bond donors (Lipinski definition) is 0. The Balaban J connectivity index is 1.39. The molecule has 0 aromatic carbocycles. The Morgan fingerprint density at radius 1 is 1.12 bits per heavy atom. The van der Waals surface area contributed by atoms with Crippen LogP contribution in [0.3, 0.4) is 0 Å². The van der Waals surface area contributed by atoms with E-state index in [1.54, 1.807) is 0 Å². The molecule has 3 heteroatoms. The molecule has 6 aliphatic carbocycles. The van der Waals surface area contributed by atoms with Crippen LogP contribution in [-0.4, -0.2) is 18.0 Å². The molecule has 0 aromatic rings. The molecule has 16 heavy (non-hydrogen) atoms. The quantitative estimate of drug-likeness (QED) is 0.697. The van der Waals surface area contributed by atoms with Crippen molar-refractivity contribution in [1.82, 2.24) is 0 Å². The van der Waals surface area contributed by atoms with Crippen molar-refractivity contribution in [3.63, 3.8) is 0 Å². The molecule has 0 bridgehead atoms. The lowest BCUT2D eigenvalue weighted by Gasteiger charge is -2.57. The SMILES string of the molecule is O=C(Cl)COC1CC23C4C1C15CC1[C@H]2C5C43. The van der Waals surface area contributed by atoms with Gasteiger partial charge in [0.05, 0.1) is 6.10 Å². The van der Waals surface area contributed by atoms with Crippen LogP contribution in [0.2, 0.25) is 0 Å². The minimum Gasteiger partial charge on any atom is -0.369 e. The molecule has 6 fully saturated rings. The summed E-state index contributed by atoms with van der Waals surface area (Å²) in [6.07, 6.45) is 3.14. The fourth-order valence-corrected chi connectivity index (χ4v) is 7.66. The molecule has 9 atom stereocenters. The van der Waals surface area contributed by atoms with Gasteiger partial charge in [-0.25, -0.2) is 0 Å². The van der Waals surface area contributed by atoms with Crippen molar-refractivity contribution in [3.8, 4) is 0 Å². The average Bonchev–Trinajstić information content (AvgIpc) is 2.92. The summed E-state index contributed by atoms with van der Waals surface area (Å²) in [4.78, 5) is 10.8. The van der Waals surface area contributed by atoms with Crippen LogP contribution in [0.15, 0.2) is 0 Å². The second kappa shape index (κ2) is 1.81. The van der Waals surface area contributed by atoms with E-state index in [-0.39, 0.29) is 11.8 Å². The van der Waals surface area contributed by atoms with Gasteiger partial charge in [0.1, 0.15) is 6.61 Å². The van der Waals surface area contributed by atoms with Crippen molar-refractivity contribution in [2.45, 2.75) is 18.9 Å². The van der Waals surface area contributed by atoms with Crippen molar-refractivity contribution in [2.75, 3.05) is 6.61 Å². The Hall–Kier alpha value is -0.0800. The molecule has 0 saturated heterocycles. The molecule has 6 aliphatic rings. The number of rotatable bonds is 3. The van der Waals surface area contributed by atoms with Crippen LogP contribution < -0.4 is 0 Å². The molecule has 8 unspecified atom stereocenters. The van der Waals surface area contributed by atoms with Crippen LogP contribution in [0.1, 0.15) is 12.8 Å². The zero-order valence-electron chi connectivity index (χ0n) is 8.86. The van der Waals surface area contributed by atoms with Crippen molar-refractivity contribution in [3.05, 3.63) is 0 Å². The predicted octanol–water partition coefficient (Wildman–Crippen LogP) is 1.67.